The monoisotopic (exact) mass is 274 g/mol. The maximum atomic E-state index is 4.77. The molecule has 0 amide bonds. The highest BCUT2D eigenvalue weighted by Crippen LogP contribution is 2.33. The van der Waals surface area contributed by atoms with E-state index in [-0.39, 0.29) is 5.41 Å². The van der Waals surface area contributed by atoms with Crippen LogP contribution in [-0.2, 0) is 5.41 Å². The Morgan fingerprint density at radius 3 is 2.84 bits per heavy atom. The number of rotatable bonds is 1. The van der Waals surface area contributed by atoms with E-state index in [0.717, 1.165) is 12.1 Å². The fraction of sp³-hybridized carbons (Fsp3) is 0.562. The number of thiazole rings is 1. The van der Waals surface area contributed by atoms with Gasteiger partial charge >= 0.3 is 0 Å². The molecule has 1 fully saturated rings. The van der Waals surface area contributed by atoms with E-state index in [1.165, 1.54) is 34.7 Å². The zero-order valence-electron chi connectivity index (χ0n) is 12.0. The predicted octanol–water partition coefficient (Wildman–Crippen LogP) is 4.06. The van der Waals surface area contributed by atoms with Crippen LogP contribution in [0.15, 0.2) is 18.2 Å². The second-order valence-corrected chi connectivity index (χ2v) is 7.57. The molecule has 1 atom stereocenters. The van der Waals surface area contributed by atoms with Crippen molar-refractivity contribution < 1.29 is 0 Å². The minimum atomic E-state index is 0.149. The number of hydrogen-bond acceptors (Lipinski definition) is 3. The molecule has 3 rings (SSSR count). The molecule has 102 valence electrons. The van der Waals surface area contributed by atoms with Crippen molar-refractivity contribution in [3.05, 3.63) is 28.8 Å². The Labute approximate surface area is 119 Å². The molecule has 0 radical (unpaired) electrons. The Hall–Kier alpha value is -0.930. The van der Waals surface area contributed by atoms with E-state index in [1.807, 2.05) is 11.3 Å². The van der Waals surface area contributed by atoms with Gasteiger partial charge in [-0.3, -0.25) is 0 Å². The van der Waals surface area contributed by atoms with Gasteiger partial charge in [-0.05, 0) is 43.0 Å². The number of nitrogens with zero attached hydrogens (tertiary/aromatic N) is 1. The third-order valence-corrected chi connectivity index (χ3v) is 5.27. The van der Waals surface area contributed by atoms with Gasteiger partial charge in [-0.25, -0.2) is 4.98 Å². The van der Waals surface area contributed by atoms with E-state index in [2.05, 4.69) is 44.3 Å². The molecule has 2 nitrogen and oxygen atoms in total. The molecule has 1 aliphatic heterocycles. The van der Waals surface area contributed by atoms with Crippen molar-refractivity contribution in [1.82, 2.24) is 10.3 Å². The van der Waals surface area contributed by atoms with E-state index in [0.29, 0.717) is 5.92 Å². The van der Waals surface area contributed by atoms with Gasteiger partial charge in [0.1, 0.15) is 0 Å². The van der Waals surface area contributed by atoms with Crippen molar-refractivity contribution in [3.63, 3.8) is 0 Å². The second-order valence-electron chi connectivity index (χ2n) is 6.54. The van der Waals surface area contributed by atoms with Crippen LogP contribution in [0.25, 0.3) is 10.2 Å². The number of benzene rings is 1. The highest BCUT2D eigenvalue weighted by atomic mass is 32.1. The summed E-state index contributed by atoms with van der Waals surface area (Å²) in [7, 11) is 0. The van der Waals surface area contributed by atoms with Gasteiger partial charge in [-0.1, -0.05) is 26.8 Å². The number of aromatic nitrogens is 1. The van der Waals surface area contributed by atoms with Gasteiger partial charge in [0, 0.05) is 12.0 Å². The lowest BCUT2D eigenvalue weighted by molar-refractivity contribution is 0.462. The molecule has 0 saturated carbocycles. The smallest absolute Gasteiger partial charge is 0.0992 e. The zero-order chi connectivity index (χ0) is 13.5. The maximum absolute atomic E-state index is 4.77. The number of nitrogens with one attached hydrogen (secondary N) is 1. The summed E-state index contributed by atoms with van der Waals surface area (Å²) in [5.74, 6) is 0.679. The molecule has 0 bridgehead atoms. The van der Waals surface area contributed by atoms with Gasteiger partial charge in [0.15, 0.2) is 0 Å². The minimum absolute atomic E-state index is 0.149. The van der Waals surface area contributed by atoms with Crippen molar-refractivity contribution in [2.75, 3.05) is 13.1 Å². The van der Waals surface area contributed by atoms with Crippen LogP contribution >= 0.6 is 11.3 Å². The molecule has 1 aliphatic rings. The van der Waals surface area contributed by atoms with Crippen LogP contribution in [-0.4, -0.2) is 18.1 Å². The topological polar surface area (TPSA) is 24.9 Å². The molecular weight excluding hydrogens is 252 g/mol. The molecule has 1 aromatic heterocycles. The fourth-order valence-corrected chi connectivity index (χ4v) is 3.72. The summed E-state index contributed by atoms with van der Waals surface area (Å²) < 4.78 is 1.34. The average Bonchev–Trinajstić information content (AvgIpc) is 2.82. The summed E-state index contributed by atoms with van der Waals surface area (Å²) in [6.45, 7) is 8.99. The van der Waals surface area contributed by atoms with E-state index in [9.17, 15) is 0 Å². The lowest BCUT2D eigenvalue weighted by Gasteiger charge is -2.22. The zero-order valence-corrected chi connectivity index (χ0v) is 12.8. The van der Waals surface area contributed by atoms with Gasteiger partial charge in [0.25, 0.3) is 0 Å². The van der Waals surface area contributed by atoms with Gasteiger partial charge in [-0.2, -0.15) is 0 Å². The first-order chi connectivity index (χ1) is 9.04. The Morgan fingerprint density at radius 1 is 1.32 bits per heavy atom. The minimum Gasteiger partial charge on any atom is -0.316 e. The summed E-state index contributed by atoms with van der Waals surface area (Å²) in [6, 6.07) is 6.83. The Bertz CT molecular complexity index is 574. The highest BCUT2D eigenvalue weighted by molar-refractivity contribution is 7.18. The standard InChI is InChI=1S/C16H22N2S/c1-16(2,3)15-18-13-7-6-11(9-14(13)19-15)12-5-4-8-17-10-12/h6-7,9,12,17H,4-5,8,10H2,1-3H3. The van der Waals surface area contributed by atoms with Crippen LogP contribution in [0.3, 0.4) is 0 Å². The largest absolute Gasteiger partial charge is 0.316 e. The lowest BCUT2D eigenvalue weighted by Crippen LogP contribution is -2.28. The molecule has 2 aromatic rings. The van der Waals surface area contributed by atoms with Crippen LogP contribution in [0.4, 0.5) is 0 Å². The van der Waals surface area contributed by atoms with E-state index >= 15 is 0 Å². The fourth-order valence-electron chi connectivity index (χ4n) is 2.65. The Balaban J connectivity index is 1.96. The molecule has 1 unspecified atom stereocenters. The van der Waals surface area contributed by atoms with Crippen molar-refractivity contribution >= 4 is 21.6 Å². The lowest BCUT2D eigenvalue weighted by atomic mass is 9.92. The summed E-state index contributed by atoms with van der Waals surface area (Å²) in [5.41, 5.74) is 2.78. The van der Waals surface area contributed by atoms with Crippen LogP contribution in [0.1, 0.15) is 50.1 Å². The Kier molecular flexibility index (Phi) is 3.35. The highest BCUT2D eigenvalue weighted by Gasteiger charge is 2.20. The van der Waals surface area contributed by atoms with E-state index in [4.69, 9.17) is 4.98 Å². The third-order valence-electron chi connectivity index (χ3n) is 3.82. The summed E-state index contributed by atoms with van der Waals surface area (Å²) in [4.78, 5) is 4.77. The molecule has 3 heteroatoms. The SMILES string of the molecule is CC(C)(C)c1nc2ccc(C3CCCNC3)cc2s1. The third kappa shape index (κ3) is 2.67. The first-order valence-electron chi connectivity index (χ1n) is 7.16. The summed E-state index contributed by atoms with van der Waals surface area (Å²) >= 11 is 1.85. The molecule has 1 aromatic carbocycles. The first-order valence-corrected chi connectivity index (χ1v) is 7.97. The maximum Gasteiger partial charge on any atom is 0.0992 e. The number of hydrogen-bond donors (Lipinski definition) is 1. The van der Waals surface area contributed by atoms with Crippen molar-refractivity contribution in [2.24, 2.45) is 0 Å². The van der Waals surface area contributed by atoms with Gasteiger partial charge in [0.2, 0.25) is 0 Å². The van der Waals surface area contributed by atoms with Crippen LogP contribution in [0.2, 0.25) is 0 Å². The molecule has 0 aliphatic carbocycles. The average molecular weight is 274 g/mol. The van der Waals surface area contributed by atoms with Crippen molar-refractivity contribution in [2.45, 2.75) is 44.9 Å². The molecule has 19 heavy (non-hydrogen) atoms. The van der Waals surface area contributed by atoms with E-state index < -0.39 is 0 Å². The second kappa shape index (κ2) is 4.88. The van der Waals surface area contributed by atoms with Crippen LogP contribution in [0.5, 0.6) is 0 Å². The van der Waals surface area contributed by atoms with Gasteiger partial charge in [-0.15, -0.1) is 11.3 Å². The molecule has 1 saturated heterocycles. The summed E-state index contributed by atoms with van der Waals surface area (Å²) in [6.07, 6.45) is 2.60. The number of fused-ring (bicyclic) bond motifs is 1. The Morgan fingerprint density at radius 2 is 2.16 bits per heavy atom. The first kappa shape index (κ1) is 13.1. The summed E-state index contributed by atoms with van der Waals surface area (Å²) in [5, 5.41) is 4.74. The quantitative estimate of drug-likeness (QED) is 0.848. The van der Waals surface area contributed by atoms with Crippen LogP contribution in [0, 0.1) is 0 Å². The van der Waals surface area contributed by atoms with Gasteiger partial charge in [0.05, 0.1) is 15.2 Å². The molecule has 0 spiro atoms. The number of piperidine rings is 1. The van der Waals surface area contributed by atoms with E-state index in [1.54, 1.807) is 0 Å². The molecular formula is C16H22N2S. The van der Waals surface area contributed by atoms with Crippen molar-refractivity contribution in [1.29, 1.82) is 0 Å². The molecule has 2 heterocycles. The van der Waals surface area contributed by atoms with Crippen LogP contribution < -0.4 is 5.32 Å². The predicted molar refractivity (Wildman–Crippen MR) is 83.2 cm³/mol. The normalized spacial score (nSPS) is 20.9. The molecule has 1 N–H and O–H groups in total. The van der Waals surface area contributed by atoms with Gasteiger partial charge < -0.3 is 5.32 Å². The van der Waals surface area contributed by atoms with Crippen molar-refractivity contribution in [3.8, 4) is 0 Å².